The van der Waals surface area contributed by atoms with Crippen molar-refractivity contribution in [3.8, 4) is 18.1 Å². The lowest BCUT2D eigenvalue weighted by molar-refractivity contribution is -0.129. The lowest BCUT2D eigenvalue weighted by Crippen LogP contribution is -2.35. The van der Waals surface area contributed by atoms with Crippen LogP contribution < -0.4 is 10.1 Å². The van der Waals surface area contributed by atoms with Crippen LogP contribution in [0.3, 0.4) is 0 Å². The number of nitrogens with one attached hydrogen (secondary N) is 1. The van der Waals surface area contributed by atoms with Gasteiger partial charge in [0.15, 0.2) is 5.66 Å². The van der Waals surface area contributed by atoms with Crippen LogP contribution in [-0.2, 0) is 16.1 Å². The molecule has 1 saturated heterocycles. The third kappa shape index (κ3) is 4.85. The summed E-state index contributed by atoms with van der Waals surface area (Å²) in [4.78, 5) is 26.4. The molecule has 142 valence electrons. The summed E-state index contributed by atoms with van der Waals surface area (Å²) in [6.45, 7) is 1.42. The van der Waals surface area contributed by atoms with Crippen LogP contribution in [0.2, 0.25) is 0 Å². The quantitative estimate of drug-likeness (QED) is 0.678. The largest absolute Gasteiger partial charge is 0.497 e. The van der Waals surface area contributed by atoms with Gasteiger partial charge in [0.2, 0.25) is 11.8 Å². The van der Waals surface area contributed by atoms with E-state index in [9.17, 15) is 9.59 Å². The zero-order valence-electron chi connectivity index (χ0n) is 15.5. The number of methoxy groups -OCH3 is 1. The highest BCUT2D eigenvalue weighted by Gasteiger charge is 2.39. The molecule has 27 heavy (non-hydrogen) atoms. The van der Waals surface area contributed by atoms with E-state index in [2.05, 4.69) is 21.5 Å². The molecule has 1 fully saturated rings. The van der Waals surface area contributed by atoms with Crippen molar-refractivity contribution < 1.29 is 14.3 Å². The molecule has 7 heteroatoms. The van der Waals surface area contributed by atoms with Gasteiger partial charge in [-0.15, -0.1) is 12.3 Å². The number of terminal acetylenes is 1. The van der Waals surface area contributed by atoms with Crippen molar-refractivity contribution >= 4 is 11.8 Å². The average Bonchev–Trinajstić information content (AvgIpc) is 3.36. The van der Waals surface area contributed by atoms with E-state index in [1.165, 1.54) is 0 Å². The van der Waals surface area contributed by atoms with Gasteiger partial charge in [-0.1, -0.05) is 12.1 Å². The van der Waals surface area contributed by atoms with E-state index >= 15 is 0 Å². The van der Waals surface area contributed by atoms with E-state index in [-0.39, 0.29) is 24.2 Å². The molecule has 2 aliphatic rings. The molecule has 0 spiro atoms. The summed E-state index contributed by atoms with van der Waals surface area (Å²) in [7, 11) is 1.62. The fraction of sp³-hybridized carbons (Fsp3) is 0.500. The minimum atomic E-state index is -0.397. The van der Waals surface area contributed by atoms with E-state index in [0.717, 1.165) is 17.7 Å². The molecule has 1 aromatic rings. The Morgan fingerprint density at radius 3 is 2.74 bits per heavy atom. The van der Waals surface area contributed by atoms with E-state index < -0.39 is 5.66 Å². The molecule has 3 rings (SSSR count). The Hall–Kier alpha value is -2.88. The summed E-state index contributed by atoms with van der Waals surface area (Å²) in [5.74, 6) is 2.96. The topological polar surface area (TPSA) is 83.4 Å². The molecule has 1 N–H and O–H groups in total. The summed E-state index contributed by atoms with van der Waals surface area (Å²) >= 11 is 0. The van der Waals surface area contributed by atoms with Crippen molar-refractivity contribution in [1.82, 2.24) is 10.2 Å². The number of carbonyl (C=O) groups excluding carboxylic acids is 2. The summed E-state index contributed by atoms with van der Waals surface area (Å²) in [6.07, 6.45) is 7.51. The molecule has 2 amide bonds. The van der Waals surface area contributed by atoms with Gasteiger partial charge >= 0.3 is 0 Å². The highest BCUT2D eigenvalue weighted by Crippen LogP contribution is 2.36. The van der Waals surface area contributed by atoms with E-state index in [1.54, 1.807) is 12.0 Å². The minimum Gasteiger partial charge on any atom is -0.497 e. The maximum absolute atomic E-state index is 12.4. The molecule has 0 saturated carbocycles. The molecule has 0 aliphatic carbocycles. The van der Waals surface area contributed by atoms with E-state index in [4.69, 9.17) is 11.2 Å². The van der Waals surface area contributed by atoms with Crippen molar-refractivity contribution in [3.05, 3.63) is 29.8 Å². The predicted octanol–water partition coefficient (Wildman–Crippen LogP) is 2.13. The molecule has 0 aromatic heterocycles. The van der Waals surface area contributed by atoms with Gasteiger partial charge in [0.25, 0.3) is 0 Å². The van der Waals surface area contributed by atoms with Crippen molar-refractivity contribution in [2.75, 3.05) is 20.2 Å². The third-order valence-corrected chi connectivity index (χ3v) is 4.99. The summed E-state index contributed by atoms with van der Waals surface area (Å²) in [5, 5.41) is 11.0. The molecule has 2 heterocycles. The molecular formula is C20H24N4O3. The standard InChI is InChI=1S/C20H24N4O3/c1-3-4-9-20(22-23-20)10-11-21-19(26)16-12-18(25)24(14-16)13-15-5-7-17(27-2)8-6-15/h1,5-8,16H,4,9-14H2,2H3,(H,21,26). The third-order valence-electron chi connectivity index (χ3n) is 4.99. The first-order chi connectivity index (χ1) is 13.0. The van der Waals surface area contributed by atoms with Crippen LogP contribution in [0.25, 0.3) is 0 Å². The first-order valence-electron chi connectivity index (χ1n) is 9.11. The zero-order chi connectivity index (χ0) is 19.3. The SMILES string of the molecule is C#CCCC1(CCNC(=O)C2CC(=O)N(Cc3ccc(OC)cc3)C2)N=N1. The summed E-state index contributed by atoms with van der Waals surface area (Å²) < 4.78 is 5.14. The van der Waals surface area contributed by atoms with Gasteiger partial charge in [0.1, 0.15) is 5.75 Å². The Morgan fingerprint density at radius 1 is 1.37 bits per heavy atom. The summed E-state index contributed by atoms with van der Waals surface area (Å²) in [6, 6.07) is 7.59. The normalized spacial score (nSPS) is 19.6. The zero-order valence-corrected chi connectivity index (χ0v) is 15.5. The predicted molar refractivity (Wildman–Crippen MR) is 99.8 cm³/mol. The number of hydrogen-bond acceptors (Lipinski definition) is 5. The van der Waals surface area contributed by atoms with Crippen molar-refractivity contribution in [1.29, 1.82) is 0 Å². The van der Waals surface area contributed by atoms with E-state index in [0.29, 0.717) is 32.5 Å². The smallest absolute Gasteiger partial charge is 0.225 e. The number of amides is 2. The van der Waals surface area contributed by atoms with Gasteiger partial charge in [-0.25, -0.2) is 0 Å². The Bertz CT molecular complexity index is 760. The summed E-state index contributed by atoms with van der Waals surface area (Å²) in [5.41, 5.74) is 0.614. The lowest BCUT2D eigenvalue weighted by atomic mass is 10.0. The van der Waals surface area contributed by atoms with Crippen LogP contribution in [0.15, 0.2) is 34.5 Å². The molecule has 2 aliphatic heterocycles. The monoisotopic (exact) mass is 368 g/mol. The fourth-order valence-electron chi connectivity index (χ4n) is 3.25. The molecule has 0 radical (unpaired) electrons. The second-order valence-electron chi connectivity index (χ2n) is 6.95. The van der Waals surface area contributed by atoms with Crippen LogP contribution in [0.4, 0.5) is 0 Å². The van der Waals surface area contributed by atoms with Gasteiger partial charge in [0, 0.05) is 45.3 Å². The molecular weight excluding hydrogens is 344 g/mol. The molecule has 1 atom stereocenters. The van der Waals surface area contributed by atoms with Crippen molar-refractivity contribution in [3.63, 3.8) is 0 Å². The first kappa shape index (κ1) is 18.9. The highest BCUT2D eigenvalue weighted by atomic mass is 16.5. The Balaban J connectivity index is 1.43. The van der Waals surface area contributed by atoms with Gasteiger partial charge in [-0.2, -0.15) is 10.2 Å². The van der Waals surface area contributed by atoms with Crippen LogP contribution >= 0.6 is 0 Å². The molecule has 7 nitrogen and oxygen atoms in total. The molecule has 1 unspecified atom stereocenters. The maximum atomic E-state index is 12.4. The maximum Gasteiger partial charge on any atom is 0.225 e. The Kier molecular flexibility index (Phi) is 5.75. The van der Waals surface area contributed by atoms with Crippen LogP contribution in [-0.4, -0.2) is 42.6 Å². The second kappa shape index (κ2) is 8.21. The van der Waals surface area contributed by atoms with Crippen LogP contribution in [0.1, 0.15) is 31.2 Å². The van der Waals surface area contributed by atoms with Gasteiger partial charge in [-0.3, -0.25) is 9.59 Å². The van der Waals surface area contributed by atoms with Gasteiger partial charge < -0.3 is 15.0 Å². The minimum absolute atomic E-state index is 0.00338. The van der Waals surface area contributed by atoms with Gasteiger partial charge in [-0.05, 0) is 17.7 Å². The number of ether oxygens (including phenoxy) is 1. The fourth-order valence-corrected chi connectivity index (χ4v) is 3.25. The second-order valence-corrected chi connectivity index (χ2v) is 6.95. The van der Waals surface area contributed by atoms with Crippen molar-refractivity contribution in [2.24, 2.45) is 16.1 Å². The van der Waals surface area contributed by atoms with E-state index in [1.807, 2.05) is 24.3 Å². The molecule has 0 bridgehead atoms. The average molecular weight is 368 g/mol. The number of carbonyl (C=O) groups is 2. The van der Waals surface area contributed by atoms with Crippen molar-refractivity contribution in [2.45, 2.75) is 37.9 Å². The highest BCUT2D eigenvalue weighted by molar-refractivity contribution is 5.89. The number of hydrogen-bond donors (Lipinski definition) is 1. The Labute approximate surface area is 159 Å². The number of benzene rings is 1. The lowest BCUT2D eigenvalue weighted by Gasteiger charge is -2.17. The van der Waals surface area contributed by atoms with Gasteiger partial charge in [0.05, 0.1) is 13.0 Å². The Morgan fingerprint density at radius 2 is 2.11 bits per heavy atom. The van der Waals surface area contributed by atoms with Crippen LogP contribution in [0.5, 0.6) is 5.75 Å². The van der Waals surface area contributed by atoms with Crippen LogP contribution in [0, 0.1) is 18.3 Å². The number of rotatable bonds is 9. The molecule has 1 aromatic carbocycles. The number of likely N-dealkylation sites (tertiary alicyclic amines) is 1. The first-order valence-corrected chi connectivity index (χ1v) is 9.11. The number of nitrogens with zero attached hydrogens (tertiary/aromatic N) is 3.